The summed E-state index contributed by atoms with van der Waals surface area (Å²) < 4.78 is 4.67. The molecule has 5 heteroatoms. The minimum Gasteiger partial charge on any atom is -0.469 e. The number of carbonyl (C=O) groups excluding carboxylic acids is 1. The molecule has 0 N–H and O–H groups in total. The van der Waals surface area contributed by atoms with Crippen molar-refractivity contribution in [3.05, 3.63) is 35.9 Å². The Bertz CT molecular complexity index is 392. The minimum absolute atomic E-state index is 0.173. The Hall–Kier alpha value is -1.43. The lowest BCUT2D eigenvalue weighted by atomic mass is 10.0. The second-order valence-electron chi connectivity index (χ2n) is 4.76. The predicted octanol–water partition coefficient (Wildman–Crippen LogP) is 2.32. The van der Waals surface area contributed by atoms with Crippen molar-refractivity contribution in [2.45, 2.75) is 32.4 Å². The lowest BCUT2D eigenvalue weighted by molar-refractivity contribution is -0.403. The van der Waals surface area contributed by atoms with E-state index in [4.69, 9.17) is 9.68 Å². The summed E-state index contributed by atoms with van der Waals surface area (Å²) >= 11 is 0. The second-order valence-corrected chi connectivity index (χ2v) is 4.76. The van der Waals surface area contributed by atoms with Crippen LogP contribution in [0.4, 0.5) is 0 Å². The standard InChI is InChI=1S/C14H21NO4/c1-14(2,10-13(16)17-3)15(18-4)19-11-12-8-6-5-7-9-12/h5-9H,10-11H2,1-4H3. The number of methoxy groups -OCH3 is 1. The average molecular weight is 267 g/mol. The van der Waals surface area contributed by atoms with Crippen molar-refractivity contribution in [1.29, 1.82) is 0 Å². The van der Waals surface area contributed by atoms with Gasteiger partial charge < -0.3 is 4.74 Å². The van der Waals surface area contributed by atoms with Gasteiger partial charge in [-0.1, -0.05) is 35.6 Å². The second kappa shape index (κ2) is 7.23. The molecule has 0 spiro atoms. The van der Waals surface area contributed by atoms with Crippen molar-refractivity contribution >= 4 is 5.97 Å². The summed E-state index contributed by atoms with van der Waals surface area (Å²) in [5, 5.41) is 1.33. The fourth-order valence-corrected chi connectivity index (χ4v) is 1.67. The lowest BCUT2D eigenvalue weighted by Gasteiger charge is -2.33. The molecule has 0 fully saturated rings. The molecule has 0 atom stereocenters. The Kier molecular flexibility index (Phi) is 5.95. The third-order valence-corrected chi connectivity index (χ3v) is 2.66. The van der Waals surface area contributed by atoms with Gasteiger partial charge >= 0.3 is 5.97 Å². The SMILES string of the molecule is COC(=O)CC(C)(C)N(OC)OCc1ccccc1. The number of benzene rings is 1. The molecule has 0 aliphatic carbocycles. The van der Waals surface area contributed by atoms with Crippen molar-refractivity contribution in [2.75, 3.05) is 14.2 Å². The van der Waals surface area contributed by atoms with Crippen LogP contribution in [0.3, 0.4) is 0 Å². The van der Waals surface area contributed by atoms with E-state index in [0.29, 0.717) is 6.61 Å². The van der Waals surface area contributed by atoms with Crippen molar-refractivity contribution in [2.24, 2.45) is 0 Å². The van der Waals surface area contributed by atoms with E-state index in [1.54, 1.807) is 0 Å². The maximum atomic E-state index is 11.4. The first kappa shape index (κ1) is 15.6. The molecule has 0 heterocycles. The van der Waals surface area contributed by atoms with Crippen LogP contribution in [0.5, 0.6) is 0 Å². The number of hydroxylamine groups is 2. The molecule has 1 rings (SSSR count). The Morgan fingerprint density at radius 2 is 1.84 bits per heavy atom. The largest absolute Gasteiger partial charge is 0.469 e. The van der Waals surface area contributed by atoms with Crippen LogP contribution >= 0.6 is 0 Å². The van der Waals surface area contributed by atoms with Gasteiger partial charge in [-0.25, -0.2) is 0 Å². The van der Waals surface area contributed by atoms with Crippen LogP contribution in [0.1, 0.15) is 25.8 Å². The summed E-state index contributed by atoms with van der Waals surface area (Å²) in [7, 11) is 2.87. The van der Waals surface area contributed by atoms with Crippen LogP contribution < -0.4 is 0 Å². The molecule has 0 aliphatic heterocycles. The molecule has 106 valence electrons. The van der Waals surface area contributed by atoms with Crippen molar-refractivity contribution < 1.29 is 19.2 Å². The summed E-state index contributed by atoms with van der Waals surface area (Å²) in [6.45, 7) is 4.07. The van der Waals surface area contributed by atoms with Crippen LogP contribution in [0.2, 0.25) is 0 Å². The fourth-order valence-electron chi connectivity index (χ4n) is 1.67. The number of esters is 1. The van der Waals surface area contributed by atoms with Crippen LogP contribution in [0, 0.1) is 0 Å². The predicted molar refractivity (Wildman–Crippen MR) is 70.8 cm³/mol. The van der Waals surface area contributed by atoms with Crippen LogP contribution in [0.15, 0.2) is 30.3 Å². The van der Waals surface area contributed by atoms with Gasteiger partial charge in [-0.15, -0.1) is 0 Å². The van der Waals surface area contributed by atoms with E-state index in [1.807, 2.05) is 44.2 Å². The van der Waals surface area contributed by atoms with Gasteiger partial charge in [-0.3, -0.25) is 14.5 Å². The number of hydrogen-bond acceptors (Lipinski definition) is 5. The van der Waals surface area contributed by atoms with Gasteiger partial charge in [-0.2, -0.15) is 0 Å². The number of nitrogens with zero attached hydrogens (tertiary/aromatic N) is 1. The summed E-state index contributed by atoms with van der Waals surface area (Å²) in [5.41, 5.74) is 0.412. The molecule has 0 aliphatic rings. The topological polar surface area (TPSA) is 48.0 Å². The summed E-state index contributed by atoms with van der Waals surface area (Å²) in [5.74, 6) is -0.310. The Labute approximate surface area is 114 Å². The van der Waals surface area contributed by atoms with E-state index in [9.17, 15) is 4.79 Å². The van der Waals surface area contributed by atoms with Gasteiger partial charge in [0.15, 0.2) is 0 Å². The average Bonchev–Trinajstić information content (AvgIpc) is 2.39. The molecule has 1 aromatic carbocycles. The highest BCUT2D eigenvalue weighted by Crippen LogP contribution is 2.21. The Balaban J connectivity index is 2.59. The van der Waals surface area contributed by atoms with Crippen LogP contribution in [-0.2, 0) is 25.8 Å². The monoisotopic (exact) mass is 267 g/mol. The zero-order chi connectivity index (χ0) is 14.3. The molecule has 0 radical (unpaired) electrons. The third kappa shape index (κ3) is 4.98. The van der Waals surface area contributed by atoms with Gasteiger partial charge in [-0.05, 0) is 19.4 Å². The van der Waals surface area contributed by atoms with Crippen LogP contribution in [0.25, 0.3) is 0 Å². The van der Waals surface area contributed by atoms with E-state index < -0.39 is 5.54 Å². The molecule has 0 saturated carbocycles. The zero-order valence-electron chi connectivity index (χ0n) is 11.9. The highest BCUT2D eigenvalue weighted by molar-refractivity contribution is 5.70. The number of hydrogen-bond donors (Lipinski definition) is 0. The molecule has 0 bridgehead atoms. The molecule has 19 heavy (non-hydrogen) atoms. The van der Waals surface area contributed by atoms with Crippen LogP contribution in [-0.4, -0.2) is 31.0 Å². The lowest BCUT2D eigenvalue weighted by Crippen LogP contribution is -2.44. The number of ether oxygens (including phenoxy) is 1. The molecule has 0 unspecified atom stereocenters. The first-order valence-electron chi connectivity index (χ1n) is 6.07. The molecule has 1 aromatic rings. The molecule has 0 saturated heterocycles. The molecule has 0 amide bonds. The smallest absolute Gasteiger partial charge is 0.307 e. The summed E-state index contributed by atoms with van der Waals surface area (Å²) in [4.78, 5) is 22.1. The molecule has 5 nitrogen and oxygen atoms in total. The first-order chi connectivity index (χ1) is 8.99. The van der Waals surface area contributed by atoms with Gasteiger partial charge in [0.2, 0.25) is 0 Å². The van der Waals surface area contributed by atoms with Gasteiger partial charge in [0.1, 0.15) is 0 Å². The van der Waals surface area contributed by atoms with Gasteiger partial charge in [0.05, 0.1) is 32.8 Å². The van der Waals surface area contributed by atoms with E-state index in [2.05, 4.69) is 4.74 Å². The molecule has 0 aromatic heterocycles. The maximum absolute atomic E-state index is 11.4. The maximum Gasteiger partial charge on any atom is 0.307 e. The minimum atomic E-state index is -0.614. The third-order valence-electron chi connectivity index (χ3n) is 2.66. The van der Waals surface area contributed by atoms with E-state index >= 15 is 0 Å². The van der Waals surface area contributed by atoms with E-state index in [0.717, 1.165) is 5.56 Å². The van der Waals surface area contributed by atoms with Crippen molar-refractivity contribution in [3.8, 4) is 0 Å². The number of rotatable bonds is 7. The quantitative estimate of drug-likeness (QED) is 0.560. The molecular weight excluding hydrogens is 246 g/mol. The highest BCUT2D eigenvalue weighted by Gasteiger charge is 2.32. The van der Waals surface area contributed by atoms with E-state index in [-0.39, 0.29) is 12.4 Å². The van der Waals surface area contributed by atoms with Gasteiger partial charge in [0, 0.05) is 0 Å². The van der Waals surface area contributed by atoms with Gasteiger partial charge in [0.25, 0.3) is 0 Å². The zero-order valence-corrected chi connectivity index (χ0v) is 11.9. The van der Waals surface area contributed by atoms with Crippen molar-refractivity contribution in [1.82, 2.24) is 5.23 Å². The fraction of sp³-hybridized carbons (Fsp3) is 0.500. The molecular formula is C14H21NO4. The Morgan fingerprint density at radius 1 is 1.21 bits per heavy atom. The first-order valence-corrected chi connectivity index (χ1v) is 6.07. The van der Waals surface area contributed by atoms with E-state index in [1.165, 1.54) is 19.4 Å². The van der Waals surface area contributed by atoms with Crippen molar-refractivity contribution in [3.63, 3.8) is 0 Å². The Morgan fingerprint density at radius 3 is 2.37 bits per heavy atom. The number of carbonyl (C=O) groups is 1. The normalized spacial score (nSPS) is 11.6. The summed E-state index contributed by atoms with van der Waals surface area (Å²) in [6.07, 6.45) is 0.173. The summed E-state index contributed by atoms with van der Waals surface area (Å²) in [6, 6.07) is 9.74. The highest BCUT2D eigenvalue weighted by atomic mass is 16.9.